The molecule has 0 aliphatic carbocycles. The van der Waals surface area contributed by atoms with E-state index in [9.17, 15) is 28.1 Å². The van der Waals surface area contributed by atoms with Crippen LogP contribution < -0.4 is 4.74 Å². The molecular weight excluding hydrogens is 345 g/mol. The number of nitro groups is 1. The highest BCUT2D eigenvalue weighted by Crippen LogP contribution is 2.33. The van der Waals surface area contributed by atoms with Crippen LogP contribution in [0.25, 0.3) is 11.0 Å². The predicted molar refractivity (Wildman–Crippen MR) is 77.1 cm³/mol. The van der Waals surface area contributed by atoms with Gasteiger partial charge < -0.3 is 9.15 Å². The lowest BCUT2D eigenvalue weighted by Gasteiger charge is -2.10. The summed E-state index contributed by atoms with van der Waals surface area (Å²) >= 11 is 0. The van der Waals surface area contributed by atoms with Crippen LogP contribution in [0.5, 0.6) is 5.75 Å². The van der Waals surface area contributed by atoms with Gasteiger partial charge in [-0.05, 0) is 30.3 Å². The van der Waals surface area contributed by atoms with Crippen LogP contribution in [0.3, 0.4) is 0 Å². The van der Waals surface area contributed by atoms with E-state index in [2.05, 4.69) is 4.98 Å². The Labute approximate surface area is 136 Å². The number of alkyl halides is 3. The van der Waals surface area contributed by atoms with Crippen molar-refractivity contribution in [1.82, 2.24) is 4.98 Å². The summed E-state index contributed by atoms with van der Waals surface area (Å²) in [6.07, 6.45) is -2.84. The highest BCUT2D eigenvalue weighted by atomic mass is 19.4. The molecule has 128 valence electrons. The van der Waals surface area contributed by atoms with E-state index >= 15 is 0 Å². The van der Waals surface area contributed by atoms with Gasteiger partial charge in [0, 0.05) is 6.20 Å². The van der Waals surface area contributed by atoms with Gasteiger partial charge in [0.15, 0.2) is 12.0 Å². The SMILES string of the molecule is O=C(Oc1ccc2occ([N+](=O)[O-])c2c1)c1ncccc1C(F)(F)F. The fraction of sp³-hybridized carbons (Fsp3) is 0.0667. The molecule has 0 radical (unpaired) electrons. The van der Waals surface area contributed by atoms with Gasteiger partial charge in [-0.15, -0.1) is 0 Å². The Morgan fingerprint density at radius 1 is 1.28 bits per heavy atom. The first kappa shape index (κ1) is 16.4. The number of aromatic nitrogens is 1. The predicted octanol–water partition coefficient (Wildman–Crippen LogP) is 3.97. The molecule has 1 aromatic carbocycles. The van der Waals surface area contributed by atoms with Crippen molar-refractivity contribution < 1.29 is 32.0 Å². The molecule has 0 unspecified atom stereocenters. The lowest BCUT2D eigenvalue weighted by Crippen LogP contribution is -2.18. The largest absolute Gasteiger partial charge is 0.457 e. The normalized spacial score (nSPS) is 11.5. The third-order valence-electron chi connectivity index (χ3n) is 3.24. The molecular formula is C15H7F3N2O5. The number of pyridine rings is 1. The van der Waals surface area contributed by atoms with Crippen molar-refractivity contribution in [1.29, 1.82) is 0 Å². The number of ether oxygens (including phenoxy) is 1. The maximum absolute atomic E-state index is 12.9. The van der Waals surface area contributed by atoms with E-state index in [4.69, 9.17) is 9.15 Å². The van der Waals surface area contributed by atoms with Crippen LogP contribution in [0.1, 0.15) is 16.1 Å². The molecule has 3 rings (SSSR count). The van der Waals surface area contributed by atoms with Crippen molar-refractivity contribution in [2.24, 2.45) is 0 Å². The van der Waals surface area contributed by atoms with E-state index in [0.29, 0.717) is 6.07 Å². The lowest BCUT2D eigenvalue weighted by molar-refractivity contribution is -0.383. The third-order valence-corrected chi connectivity index (χ3v) is 3.24. The van der Waals surface area contributed by atoms with Gasteiger partial charge in [0.25, 0.3) is 0 Å². The Morgan fingerprint density at radius 3 is 2.72 bits per heavy atom. The number of nitrogens with zero attached hydrogens (tertiary/aromatic N) is 2. The quantitative estimate of drug-likeness (QED) is 0.306. The molecule has 0 N–H and O–H groups in total. The van der Waals surface area contributed by atoms with Crippen molar-refractivity contribution in [2.45, 2.75) is 6.18 Å². The zero-order chi connectivity index (χ0) is 18.2. The zero-order valence-corrected chi connectivity index (χ0v) is 12.1. The minimum absolute atomic E-state index is 0.0485. The monoisotopic (exact) mass is 352 g/mol. The molecule has 25 heavy (non-hydrogen) atoms. The van der Waals surface area contributed by atoms with Crippen LogP contribution in [0.2, 0.25) is 0 Å². The first-order valence-corrected chi connectivity index (χ1v) is 6.67. The van der Waals surface area contributed by atoms with Crippen LogP contribution >= 0.6 is 0 Å². The number of carbonyl (C=O) groups excluding carboxylic acids is 1. The summed E-state index contributed by atoms with van der Waals surface area (Å²) in [7, 11) is 0. The van der Waals surface area contributed by atoms with E-state index < -0.39 is 28.3 Å². The molecule has 0 aliphatic heterocycles. The number of esters is 1. The second kappa shape index (κ2) is 5.89. The number of halogens is 3. The second-order valence-corrected chi connectivity index (χ2v) is 4.82. The lowest BCUT2D eigenvalue weighted by atomic mass is 10.2. The molecule has 0 bridgehead atoms. The van der Waals surface area contributed by atoms with Gasteiger partial charge in [0.1, 0.15) is 16.7 Å². The first-order chi connectivity index (χ1) is 11.8. The Hall–Kier alpha value is -3.43. The van der Waals surface area contributed by atoms with Crippen molar-refractivity contribution >= 4 is 22.6 Å². The van der Waals surface area contributed by atoms with Gasteiger partial charge in [-0.25, -0.2) is 9.78 Å². The van der Waals surface area contributed by atoms with E-state index in [1.807, 2.05) is 0 Å². The summed E-state index contributed by atoms with van der Waals surface area (Å²) in [5, 5.41) is 10.9. The third kappa shape index (κ3) is 3.13. The van der Waals surface area contributed by atoms with E-state index in [1.54, 1.807) is 0 Å². The highest BCUT2D eigenvalue weighted by molar-refractivity contribution is 5.92. The van der Waals surface area contributed by atoms with Crippen molar-refractivity contribution in [3.8, 4) is 5.75 Å². The van der Waals surface area contributed by atoms with Crippen molar-refractivity contribution in [3.63, 3.8) is 0 Å². The maximum atomic E-state index is 12.9. The number of fused-ring (bicyclic) bond motifs is 1. The fourth-order valence-corrected chi connectivity index (χ4v) is 2.15. The van der Waals surface area contributed by atoms with Crippen LogP contribution in [0.15, 0.2) is 47.2 Å². The molecule has 0 fully saturated rings. The number of carbonyl (C=O) groups is 1. The molecule has 0 aliphatic rings. The van der Waals surface area contributed by atoms with Crippen molar-refractivity contribution in [2.75, 3.05) is 0 Å². The van der Waals surface area contributed by atoms with Gasteiger partial charge in [-0.2, -0.15) is 13.2 Å². The Balaban J connectivity index is 1.95. The topological polar surface area (TPSA) is 95.5 Å². The molecule has 0 saturated carbocycles. The van der Waals surface area contributed by atoms with Crippen LogP contribution in [0.4, 0.5) is 18.9 Å². The van der Waals surface area contributed by atoms with Gasteiger partial charge in [0.2, 0.25) is 0 Å². The molecule has 0 saturated heterocycles. The van der Waals surface area contributed by atoms with E-state index in [0.717, 1.165) is 24.6 Å². The Morgan fingerprint density at radius 2 is 2.04 bits per heavy atom. The number of benzene rings is 1. The fourth-order valence-electron chi connectivity index (χ4n) is 2.15. The summed E-state index contributed by atoms with van der Waals surface area (Å²) in [6, 6.07) is 5.41. The summed E-state index contributed by atoms with van der Waals surface area (Å²) in [5.74, 6) is -1.51. The smallest absolute Gasteiger partial charge is 0.418 e. The minimum Gasteiger partial charge on any atom is -0.457 e. The molecule has 2 aromatic heterocycles. The summed E-state index contributed by atoms with van der Waals surface area (Å²) in [4.78, 5) is 25.6. The first-order valence-electron chi connectivity index (χ1n) is 6.67. The van der Waals surface area contributed by atoms with E-state index in [-0.39, 0.29) is 22.4 Å². The molecule has 3 aromatic rings. The minimum atomic E-state index is -4.78. The number of furan rings is 1. The van der Waals surface area contributed by atoms with Gasteiger partial charge in [0.05, 0.1) is 10.5 Å². The standard InChI is InChI=1S/C15H7F3N2O5/c16-15(17,18)10-2-1-5-19-13(10)14(21)25-8-3-4-12-9(6-8)11(7-24-12)20(22)23/h1-7H. The van der Waals surface area contributed by atoms with Crippen LogP contribution in [0, 0.1) is 10.1 Å². The highest BCUT2D eigenvalue weighted by Gasteiger charge is 2.36. The average Bonchev–Trinajstić information content (AvgIpc) is 2.97. The van der Waals surface area contributed by atoms with Gasteiger partial charge >= 0.3 is 17.8 Å². The number of rotatable bonds is 3. The molecule has 2 heterocycles. The summed E-state index contributed by atoms with van der Waals surface area (Å²) < 4.78 is 48.6. The van der Waals surface area contributed by atoms with Crippen molar-refractivity contribution in [3.05, 3.63) is 64.2 Å². The Bertz CT molecular complexity index is 981. The van der Waals surface area contributed by atoms with Crippen LogP contribution in [-0.2, 0) is 6.18 Å². The average molecular weight is 352 g/mol. The molecule has 0 spiro atoms. The molecule has 7 nitrogen and oxygen atoms in total. The van der Waals surface area contributed by atoms with Gasteiger partial charge in [-0.3, -0.25) is 10.1 Å². The number of hydrogen-bond donors (Lipinski definition) is 0. The second-order valence-electron chi connectivity index (χ2n) is 4.82. The molecule has 0 atom stereocenters. The van der Waals surface area contributed by atoms with Crippen LogP contribution in [-0.4, -0.2) is 15.9 Å². The summed E-state index contributed by atoms with van der Waals surface area (Å²) in [6.45, 7) is 0. The molecule has 0 amide bonds. The number of hydrogen-bond acceptors (Lipinski definition) is 6. The zero-order valence-electron chi connectivity index (χ0n) is 12.1. The summed E-state index contributed by atoms with van der Waals surface area (Å²) in [5.41, 5.74) is -2.34. The maximum Gasteiger partial charge on any atom is 0.418 e. The van der Waals surface area contributed by atoms with Gasteiger partial charge in [-0.1, -0.05) is 0 Å². The Kier molecular flexibility index (Phi) is 3.87. The molecule has 10 heteroatoms. The van der Waals surface area contributed by atoms with E-state index in [1.165, 1.54) is 12.1 Å².